The molecule has 1 atom stereocenters. The molecule has 8 heteroatoms. The topological polar surface area (TPSA) is 94.2 Å². The van der Waals surface area contributed by atoms with Crippen molar-refractivity contribution in [3.8, 4) is 17.3 Å². The summed E-state index contributed by atoms with van der Waals surface area (Å²) in [6, 6.07) is 5.67. The molecule has 1 unspecified atom stereocenters. The maximum Gasteiger partial charge on any atom is 0.267 e. The second kappa shape index (κ2) is 8.38. The maximum absolute atomic E-state index is 12.9. The lowest BCUT2D eigenvalue weighted by Gasteiger charge is -2.33. The van der Waals surface area contributed by atoms with Crippen molar-refractivity contribution in [2.24, 2.45) is 0 Å². The molecule has 0 bridgehead atoms. The van der Waals surface area contributed by atoms with E-state index >= 15 is 0 Å². The van der Waals surface area contributed by atoms with Crippen molar-refractivity contribution in [2.75, 3.05) is 13.2 Å². The van der Waals surface area contributed by atoms with Gasteiger partial charge in [0.15, 0.2) is 6.61 Å². The zero-order valence-electron chi connectivity index (χ0n) is 16.5. The van der Waals surface area contributed by atoms with Crippen LogP contribution in [0.4, 0.5) is 0 Å². The van der Waals surface area contributed by atoms with Crippen LogP contribution in [0.5, 0.6) is 5.75 Å². The number of carbonyl (C=O) groups excluding carboxylic acids is 1. The lowest BCUT2D eigenvalue weighted by atomic mass is 10.0. The Kier molecular flexibility index (Phi) is 5.50. The van der Waals surface area contributed by atoms with Crippen LogP contribution in [0.3, 0.4) is 0 Å². The Morgan fingerprint density at radius 3 is 2.79 bits per heavy atom. The highest BCUT2D eigenvalue weighted by Gasteiger charge is 2.32. The highest BCUT2D eigenvalue weighted by Crippen LogP contribution is 2.32. The number of hydrogen-bond acceptors (Lipinski definition) is 7. The standard InChI is InChI=1S/C21H23N5O3/c1-14-6-5-7-15(2)19(14)28-13-18(27)26-11-4-3-8-17(26)21-25-24-20(29-21)16-12-22-9-10-23-16/h5-7,9-10,12,17H,3-4,8,11,13H2,1-2H3. The Morgan fingerprint density at radius 1 is 1.21 bits per heavy atom. The minimum Gasteiger partial charge on any atom is -0.483 e. The summed E-state index contributed by atoms with van der Waals surface area (Å²) in [6.07, 6.45) is 7.43. The quantitative estimate of drug-likeness (QED) is 0.656. The second-order valence-electron chi connectivity index (χ2n) is 7.14. The average Bonchev–Trinajstić information content (AvgIpc) is 3.24. The van der Waals surface area contributed by atoms with E-state index in [1.165, 1.54) is 0 Å². The Bertz CT molecular complexity index is 969. The van der Waals surface area contributed by atoms with Gasteiger partial charge in [-0.05, 0) is 44.2 Å². The Balaban J connectivity index is 1.49. The number of rotatable bonds is 5. The number of piperidine rings is 1. The molecule has 2 aromatic heterocycles. The Labute approximate surface area is 169 Å². The molecule has 0 radical (unpaired) electrons. The molecule has 0 aliphatic carbocycles. The van der Waals surface area contributed by atoms with Gasteiger partial charge in [-0.25, -0.2) is 4.98 Å². The number of aryl methyl sites for hydroxylation is 2. The van der Waals surface area contributed by atoms with Gasteiger partial charge < -0.3 is 14.1 Å². The Hall–Kier alpha value is -3.29. The lowest BCUT2D eigenvalue weighted by molar-refractivity contribution is -0.137. The maximum atomic E-state index is 12.9. The molecule has 29 heavy (non-hydrogen) atoms. The fourth-order valence-electron chi connectivity index (χ4n) is 3.61. The molecule has 4 rings (SSSR count). The summed E-state index contributed by atoms with van der Waals surface area (Å²) in [4.78, 5) is 22.9. The van der Waals surface area contributed by atoms with E-state index in [-0.39, 0.29) is 18.6 Å². The van der Waals surface area contributed by atoms with Crippen molar-refractivity contribution in [3.05, 3.63) is 53.8 Å². The number of hydrogen-bond donors (Lipinski definition) is 0. The van der Waals surface area contributed by atoms with Gasteiger partial charge in [0.25, 0.3) is 11.8 Å². The molecule has 0 spiro atoms. The highest BCUT2D eigenvalue weighted by molar-refractivity contribution is 5.78. The molecule has 1 aliphatic rings. The fraction of sp³-hybridized carbons (Fsp3) is 0.381. The third-order valence-corrected chi connectivity index (χ3v) is 5.08. The minimum absolute atomic E-state index is 0.0205. The first-order valence-electron chi connectivity index (χ1n) is 9.72. The first-order valence-corrected chi connectivity index (χ1v) is 9.72. The van der Waals surface area contributed by atoms with Crippen molar-refractivity contribution in [3.63, 3.8) is 0 Å². The van der Waals surface area contributed by atoms with Gasteiger partial charge in [-0.1, -0.05) is 18.2 Å². The van der Waals surface area contributed by atoms with Crippen LogP contribution in [0, 0.1) is 13.8 Å². The van der Waals surface area contributed by atoms with Gasteiger partial charge in [0.05, 0.1) is 6.20 Å². The number of amides is 1. The van der Waals surface area contributed by atoms with Crippen LogP contribution in [0.1, 0.15) is 42.3 Å². The molecule has 1 saturated heterocycles. The zero-order chi connectivity index (χ0) is 20.2. The molecule has 1 fully saturated rings. The molecule has 150 valence electrons. The number of aromatic nitrogens is 4. The van der Waals surface area contributed by atoms with Crippen LogP contribution in [0.15, 0.2) is 41.2 Å². The van der Waals surface area contributed by atoms with E-state index in [9.17, 15) is 4.79 Å². The summed E-state index contributed by atoms with van der Waals surface area (Å²) < 4.78 is 11.7. The van der Waals surface area contributed by atoms with Crippen molar-refractivity contribution in [1.29, 1.82) is 0 Å². The van der Waals surface area contributed by atoms with Crippen molar-refractivity contribution >= 4 is 5.91 Å². The molecule has 3 heterocycles. The molecular formula is C21H23N5O3. The largest absolute Gasteiger partial charge is 0.483 e. The molecule has 1 aromatic carbocycles. The lowest BCUT2D eigenvalue weighted by Crippen LogP contribution is -2.41. The van der Waals surface area contributed by atoms with Crippen LogP contribution < -0.4 is 4.74 Å². The first-order chi connectivity index (χ1) is 14.1. The number of nitrogens with zero attached hydrogens (tertiary/aromatic N) is 5. The van der Waals surface area contributed by atoms with Crippen molar-refractivity contribution < 1.29 is 13.9 Å². The van der Waals surface area contributed by atoms with Gasteiger partial charge in [0, 0.05) is 18.9 Å². The molecule has 8 nitrogen and oxygen atoms in total. The smallest absolute Gasteiger partial charge is 0.267 e. The SMILES string of the molecule is Cc1cccc(C)c1OCC(=O)N1CCCCC1c1nnc(-c2cnccn2)o1. The van der Waals surface area contributed by atoms with Gasteiger partial charge in [-0.15, -0.1) is 10.2 Å². The molecular weight excluding hydrogens is 370 g/mol. The van der Waals surface area contributed by atoms with Crippen LogP contribution in [0.25, 0.3) is 11.6 Å². The van der Waals surface area contributed by atoms with Gasteiger partial charge in [-0.2, -0.15) is 0 Å². The average molecular weight is 393 g/mol. The van der Waals surface area contributed by atoms with Crippen LogP contribution in [-0.2, 0) is 4.79 Å². The zero-order valence-corrected chi connectivity index (χ0v) is 16.5. The van der Waals surface area contributed by atoms with E-state index in [0.29, 0.717) is 24.0 Å². The van der Waals surface area contributed by atoms with E-state index in [2.05, 4.69) is 20.2 Å². The molecule has 0 saturated carbocycles. The third-order valence-electron chi connectivity index (χ3n) is 5.08. The Morgan fingerprint density at radius 2 is 2.03 bits per heavy atom. The second-order valence-corrected chi connectivity index (χ2v) is 7.14. The van der Waals surface area contributed by atoms with Crippen LogP contribution in [0.2, 0.25) is 0 Å². The van der Waals surface area contributed by atoms with Crippen LogP contribution >= 0.6 is 0 Å². The number of ether oxygens (including phenoxy) is 1. The van der Waals surface area contributed by atoms with E-state index in [1.807, 2.05) is 32.0 Å². The van der Waals surface area contributed by atoms with Gasteiger partial charge in [0.1, 0.15) is 17.5 Å². The summed E-state index contributed by atoms with van der Waals surface area (Å²) in [5.74, 6) is 1.40. The predicted molar refractivity (Wildman–Crippen MR) is 105 cm³/mol. The summed E-state index contributed by atoms with van der Waals surface area (Å²) in [7, 11) is 0. The molecule has 0 N–H and O–H groups in total. The number of para-hydroxylation sites is 1. The first kappa shape index (κ1) is 19.0. The van der Waals surface area contributed by atoms with E-state index < -0.39 is 0 Å². The fourth-order valence-corrected chi connectivity index (χ4v) is 3.61. The van der Waals surface area contributed by atoms with Gasteiger partial charge in [-0.3, -0.25) is 9.78 Å². The summed E-state index contributed by atoms with van der Waals surface area (Å²) in [5.41, 5.74) is 2.54. The van der Waals surface area contributed by atoms with E-state index in [0.717, 1.165) is 36.1 Å². The van der Waals surface area contributed by atoms with Crippen LogP contribution in [-0.4, -0.2) is 44.1 Å². The van der Waals surface area contributed by atoms with Crippen molar-refractivity contribution in [2.45, 2.75) is 39.2 Å². The molecule has 3 aromatic rings. The van der Waals surface area contributed by atoms with Crippen molar-refractivity contribution in [1.82, 2.24) is 25.1 Å². The normalized spacial score (nSPS) is 16.6. The number of likely N-dealkylation sites (tertiary alicyclic amines) is 1. The summed E-state index contributed by atoms with van der Waals surface area (Å²) in [5, 5.41) is 8.26. The summed E-state index contributed by atoms with van der Waals surface area (Å²) >= 11 is 0. The summed E-state index contributed by atoms with van der Waals surface area (Å²) in [6.45, 7) is 4.57. The molecule has 1 amide bonds. The molecule has 1 aliphatic heterocycles. The van der Waals surface area contributed by atoms with E-state index in [1.54, 1.807) is 23.5 Å². The van der Waals surface area contributed by atoms with Gasteiger partial charge >= 0.3 is 0 Å². The number of carbonyl (C=O) groups is 1. The monoisotopic (exact) mass is 393 g/mol. The van der Waals surface area contributed by atoms with E-state index in [4.69, 9.17) is 9.15 Å². The highest BCUT2D eigenvalue weighted by atomic mass is 16.5. The number of benzene rings is 1. The van der Waals surface area contributed by atoms with Gasteiger partial charge in [0.2, 0.25) is 5.89 Å². The predicted octanol–water partition coefficient (Wildman–Crippen LogP) is 3.28. The third kappa shape index (κ3) is 4.11. The minimum atomic E-state index is -0.254.